The van der Waals surface area contributed by atoms with Gasteiger partial charge in [-0.2, -0.15) is 0 Å². The molecule has 0 saturated heterocycles. The van der Waals surface area contributed by atoms with Crippen molar-refractivity contribution in [2.45, 2.75) is 189 Å². The summed E-state index contributed by atoms with van der Waals surface area (Å²) >= 11 is 0. The van der Waals surface area contributed by atoms with Crippen LogP contribution in [0.3, 0.4) is 0 Å². The average Bonchev–Trinajstić information content (AvgIpc) is 3.14. The van der Waals surface area contributed by atoms with Crippen LogP contribution in [0.25, 0.3) is 0 Å². The van der Waals surface area contributed by atoms with Gasteiger partial charge in [0, 0.05) is 23.5 Å². The minimum Gasteiger partial charge on any atom is -0.304 e. The van der Waals surface area contributed by atoms with E-state index in [0.29, 0.717) is 12.3 Å². The van der Waals surface area contributed by atoms with Crippen LogP contribution >= 0.6 is 0 Å². The lowest BCUT2D eigenvalue weighted by Crippen LogP contribution is -2.19. The SMILES string of the molecule is C=C(C)CC.C=C(C)CCC(=C)C.CC.CC.CC(=O)C(C)(C)C.CCC(C)=O.CCc1cccc(C)c1.Cc1cccc(C(=N)C2CCCCC2)c1C. The molecule has 1 aliphatic rings. The van der Waals surface area contributed by atoms with Gasteiger partial charge in [-0.1, -0.05) is 153 Å². The van der Waals surface area contributed by atoms with Crippen LogP contribution < -0.4 is 0 Å². The zero-order valence-corrected chi connectivity index (χ0v) is 39.1. The van der Waals surface area contributed by atoms with E-state index >= 15 is 0 Å². The van der Waals surface area contributed by atoms with Crippen LogP contribution in [0.1, 0.15) is 189 Å². The van der Waals surface area contributed by atoms with Crippen molar-refractivity contribution >= 4 is 17.3 Å². The van der Waals surface area contributed by atoms with Crippen LogP contribution in [0.4, 0.5) is 0 Å². The maximum atomic E-state index is 10.5. The predicted octanol–water partition coefficient (Wildman–Crippen LogP) is 16.4. The molecule has 54 heavy (non-hydrogen) atoms. The topological polar surface area (TPSA) is 58.0 Å². The van der Waals surface area contributed by atoms with Crippen LogP contribution in [0.5, 0.6) is 0 Å². The molecular formula is C51H89NO2. The molecule has 0 spiro atoms. The van der Waals surface area contributed by atoms with Gasteiger partial charge in [-0.05, 0) is 116 Å². The lowest BCUT2D eigenvalue weighted by molar-refractivity contribution is -0.124. The van der Waals surface area contributed by atoms with Gasteiger partial charge in [0.2, 0.25) is 0 Å². The molecule has 0 amide bonds. The van der Waals surface area contributed by atoms with E-state index < -0.39 is 0 Å². The molecule has 0 radical (unpaired) electrons. The number of hydrogen-bond donors (Lipinski definition) is 1. The minimum atomic E-state index is -0.139. The van der Waals surface area contributed by atoms with Gasteiger partial charge in [-0.25, -0.2) is 0 Å². The maximum absolute atomic E-state index is 10.5. The zero-order chi connectivity index (χ0) is 43.4. The van der Waals surface area contributed by atoms with Crippen LogP contribution in [-0.4, -0.2) is 17.3 Å². The smallest absolute Gasteiger partial charge is 0.135 e. The Bertz CT molecular complexity index is 1270. The first-order valence-electron chi connectivity index (χ1n) is 20.8. The Morgan fingerprint density at radius 2 is 1.11 bits per heavy atom. The van der Waals surface area contributed by atoms with Crippen molar-refractivity contribution in [2.75, 3.05) is 0 Å². The predicted molar refractivity (Wildman–Crippen MR) is 248 cm³/mol. The van der Waals surface area contributed by atoms with Crippen molar-refractivity contribution in [2.24, 2.45) is 11.3 Å². The molecule has 0 heterocycles. The molecule has 2 aromatic rings. The highest BCUT2D eigenvalue weighted by molar-refractivity contribution is 6.01. The van der Waals surface area contributed by atoms with Crippen LogP contribution in [0.15, 0.2) is 78.9 Å². The van der Waals surface area contributed by atoms with Gasteiger partial charge >= 0.3 is 0 Å². The molecule has 0 atom stereocenters. The van der Waals surface area contributed by atoms with E-state index in [2.05, 4.69) is 96.8 Å². The second-order valence-electron chi connectivity index (χ2n) is 14.9. The lowest BCUT2D eigenvalue weighted by Gasteiger charge is -2.23. The van der Waals surface area contributed by atoms with Crippen molar-refractivity contribution in [3.8, 4) is 0 Å². The molecule has 1 N–H and O–H groups in total. The van der Waals surface area contributed by atoms with Gasteiger partial charge in [0.25, 0.3) is 0 Å². The van der Waals surface area contributed by atoms with E-state index in [9.17, 15) is 9.59 Å². The molecule has 0 aromatic heterocycles. The molecule has 310 valence electrons. The standard InChI is InChI=1S/C15H21N.C9H12.C8H14.C6H12O.C5H10.C4H8O.2C2H6/c1-11-7-6-10-14(12(11)2)15(16)13-8-4-3-5-9-13;1-3-9-6-4-5-8(2)7-9;1-7(2)5-6-8(3)4;1-5(7)6(2,3)4;1-4-5(2)3;1-3-4(2)5;2*1-2/h6-7,10,13,16H,3-5,8-9H2,1-2H3;4-7H,3H2,1-2H3;1,3,5-6H2,2,4H3;1-4H3;2,4H2,1,3H3;3H2,1-2H3;2*1-2H3. The van der Waals surface area contributed by atoms with Crippen LogP contribution in [-0.2, 0) is 16.0 Å². The average molecular weight is 748 g/mol. The summed E-state index contributed by atoms with van der Waals surface area (Å²) in [4.78, 5) is 20.3. The molecule has 3 rings (SSSR count). The van der Waals surface area contributed by atoms with E-state index in [1.807, 2.05) is 76.2 Å². The minimum absolute atomic E-state index is 0.139. The number of carbonyl (C=O) groups excluding carboxylic acids is 2. The first kappa shape index (κ1) is 59.9. The van der Waals surface area contributed by atoms with Crippen LogP contribution in [0.2, 0.25) is 0 Å². The van der Waals surface area contributed by atoms with Crippen LogP contribution in [0, 0.1) is 37.5 Å². The molecule has 1 fully saturated rings. The van der Waals surface area contributed by atoms with E-state index in [4.69, 9.17) is 5.41 Å². The van der Waals surface area contributed by atoms with Crippen molar-refractivity contribution in [1.82, 2.24) is 0 Å². The fourth-order valence-electron chi connectivity index (χ4n) is 4.01. The number of nitrogens with one attached hydrogen (secondary N) is 1. The molecule has 3 heteroatoms. The normalized spacial score (nSPS) is 11.1. The Morgan fingerprint density at radius 3 is 1.41 bits per heavy atom. The van der Waals surface area contributed by atoms with E-state index in [-0.39, 0.29) is 17.0 Å². The second-order valence-corrected chi connectivity index (χ2v) is 14.9. The van der Waals surface area contributed by atoms with Gasteiger partial charge in [0.15, 0.2) is 0 Å². The Balaban J connectivity index is -0.000000184. The van der Waals surface area contributed by atoms with Gasteiger partial charge in [0.05, 0.1) is 0 Å². The third-order valence-electron chi connectivity index (χ3n) is 8.54. The highest BCUT2D eigenvalue weighted by Gasteiger charge is 2.20. The monoisotopic (exact) mass is 748 g/mol. The summed E-state index contributed by atoms with van der Waals surface area (Å²) in [6.07, 6.45) is 11.5. The number of allylic oxidation sites excluding steroid dienone is 3. The molecule has 1 aliphatic carbocycles. The Morgan fingerprint density at radius 1 is 0.704 bits per heavy atom. The zero-order valence-electron chi connectivity index (χ0n) is 39.1. The highest BCUT2D eigenvalue weighted by Crippen LogP contribution is 2.28. The Kier molecular flexibility index (Phi) is 42.1. The summed E-state index contributed by atoms with van der Waals surface area (Å²) in [5.41, 5.74) is 11.0. The number of carbonyl (C=O) groups is 2. The quantitative estimate of drug-likeness (QED) is 0.216. The summed E-state index contributed by atoms with van der Waals surface area (Å²) < 4.78 is 0. The van der Waals surface area contributed by atoms with Crippen molar-refractivity contribution in [1.29, 1.82) is 5.41 Å². The third kappa shape index (κ3) is 38.4. The summed E-state index contributed by atoms with van der Waals surface area (Å²) in [6, 6.07) is 14.9. The molecule has 0 unspecified atom stereocenters. The first-order chi connectivity index (χ1) is 25.1. The summed E-state index contributed by atoms with van der Waals surface area (Å²) in [7, 11) is 0. The summed E-state index contributed by atoms with van der Waals surface area (Å²) in [5.74, 6) is 1.01. The van der Waals surface area contributed by atoms with E-state index in [1.54, 1.807) is 13.8 Å². The third-order valence-corrected chi connectivity index (χ3v) is 8.54. The summed E-state index contributed by atoms with van der Waals surface area (Å²) in [5, 5.41) is 8.36. The number of Topliss-reactive ketones (excluding diaryl/α,β-unsaturated/α-hetero) is 2. The number of rotatable bonds is 8. The number of benzene rings is 2. The molecule has 0 aliphatic heterocycles. The van der Waals surface area contributed by atoms with Gasteiger partial charge in [-0.15, -0.1) is 19.7 Å². The Labute approximate surface area is 338 Å². The van der Waals surface area contributed by atoms with E-state index in [1.165, 1.54) is 76.6 Å². The molecule has 3 nitrogen and oxygen atoms in total. The van der Waals surface area contributed by atoms with Crippen molar-refractivity contribution in [3.63, 3.8) is 0 Å². The largest absolute Gasteiger partial charge is 0.304 e. The maximum Gasteiger partial charge on any atom is 0.135 e. The van der Waals surface area contributed by atoms with Gasteiger partial charge in [-0.3, -0.25) is 4.79 Å². The number of aryl methyl sites for hydroxylation is 3. The molecular weight excluding hydrogens is 659 g/mol. The highest BCUT2D eigenvalue weighted by atomic mass is 16.1. The van der Waals surface area contributed by atoms with Crippen molar-refractivity contribution < 1.29 is 9.59 Å². The number of ketones is 2. The molecule has 2 aromatic carbocycles. The Hall–Kier alpha value is -3.33. The summed E-state index contributed by atoms with van der Waals surface area (Å²) in [6.45, 7) is 46.8. The fourth-order valence-corrected chi connectivity index (χ4v) is 4.01. The molecule has 0 bridgehead atoms. The molecule has 1 saturated carbocycles. The number of hydrogen-bond acceptors (Lipinski definition) is 3. The van der Waals surface area contributed by atoms with E-state index in [0.717, 1.165) is 31.4 Å². The van der Waals surface area contributed by atoms with Gasteiger partial charge in [0.1, 0.15) is 11.6 Å². The second kappa shape index (κ2) is 38.0. The van der Waals surface area contributed by atoms with Crippen molar-refractivity contribution in [3.05, 3.63) is 107 Å². The first-order valence-corrected chi connectivity index (χ1v) is 20.8. The lowest BCUT2D eigenvalue weighted by atomic mass is 9.82. The van der Waals surface area contributed by atoms with Gasteiger partial charge < -0.3 is 10.2 Å². The fraction of sp³-hybridized carbons (Fsp3) is 0.588.